The predicted octanol–water partition coefficient (Wildman–Crippen LogP) is 5.15. The molecule has 20 heavy (non-hydrogen) atoms. The van der Waals surface area contributed by atoms with Gasteiger partial charge in [-0.25, -0.2) is 0 Å². The molecule has 0 amide bonds. The van der Waals surface area contributed by atoms with E-state index in [1.807, 2.05) is 18.2 Å². The molecular weight excluding hydrogens is 244 g/mol. The van der Waals surface area contributed by atoms with Gasteiger partial charge in [0.2, 0.25) is 0 Å². The molecule has 0 saturated heterocycles. The molecule has 2 N–H and O–H groups in total. The molecule has 96 valence electrons. The van der Waals surface area contributed by atoms with E-state index in [1.54, 1.807) is 0 Å². The minimum absolute atomic E-state index is 1.11. The first-order valence-electron chi connectivity index (χ1n) is 6.73. The Morgan fingerprint density at radius 2 is 1.15 bits per heavy atom. The van der Waals surface area contributed by atoms with Crippen LogP contribution in [0.2, 0.25) is 0 Å². The van der Waals surface area contributed by atoms with Gasteiger partial charge < -0.3 is 10.6 Å². The minimum atomic E-state index is 1.11. The normalized spacial score (nSPS) is 11.8. The summed E-state index contributed by atoms with van der Waals surface area (Å²) < 4.78 is 0. The van der Waals surface area contributed by atoms with Crippen LogP contribution in [0.15, 0.2) is 72.8 Å². The Morgan fingerprint density at radius 1 is 0.500 bits per heavy atom. The van der Waals surface area contributed by atoms with Gasteiger partial charge in [-0.15, -0.1) is 0 Å². The quantitative estimate of drug-likeness (QED) is 0.493. The molecule has 2 heteroatoms. The first-order valence-corrected chi connectivity index (χ1v) is 6.73. The summed E-state index contributed by atoms with van der Waals surface area (Å²) >= 11 is 0. The van der Waals surface area contributed by atoms with Crippen molar-refractivity contribution in [2.24, 2.45) is 0 Å². The van der Waals surface area contributed by atoms with Gasteiger partial charge in [0.05, 0.1) is 22.7 Å². The number of rotatable bonds is 1. The van der Waals surface area contributed by atoms with Gasteiger partial charge in [-0.05, 0) is 23.8 Å². The van der Waals surface area contributed by atoms with E-state index in [2.05, 4.69) is 65.2 Å². The van der Waals surface area contributed by atoms with Crippen LogP contribution in [-0.4, -0.2) is 0 Å². The number of anilines is 4. The predicted molar refractivity (Wildman–Crippen MR) is 84.9 cm³/mol. The van der Waals surface area contributed by atoms with Crippen LogP contribution < -0.4 is 10.6 Å². The van der Waals surface area contributed by atoms with Crippen molar-refractivity contribution in [1.29, 1.82) is 0 Å². The van der Waals surface area contributed by atoms with Gasteiger partial charge in [-0.2, -0.15) is 0 Å². The molecule has 1 heterocycles. The van der Waals surface area contributed by atoms with E-state index >= 15 is 0 Å². The Hall–Kier alpha value is -2.74. The number of hydrogen-bond acceptors (Lipinski definition) is 2. The molecule has 4 rings (SSSR count). The van der Waals surface area contributed by atoms with Crippen LogP contribution in [0.4, 0.5) is 22.7 Å². The van der Waals surface area contributed by atoms with E-state index in [9.17, 15) is 0 Å². The summed E-state index contributed by atoms with van der Waals surface area (Å²) in [6, 6.07) is 25.1. The smallest absolute Gasteiger partial charge is 0.0703 e. The van der Waals surface area contributed by atoms with Crippen molar-refractivity contribution in [3.8, 4) is 11.1 Å². The number of para-hydroxylation sites is 3. The van der Waals surface area contributed by atoms with Crippen LogP contribution in [0, 0.1) is 0 Å². The molecule has 3 aromatic rings. The summed E-state index contributed by atoms with van der Waals surface area (Å²) in [5.41, 5.74) is 6.92. The van der Waals surface area contributed by atoms with Crippen LogP contribution in [0.1, 0.15) is 0 Å². The third kappa shape index (κ3) is 1.74. The zero-order chi connectivity index (χ0) is 13.4. The first kappa shape index (κ1) is 11.1. The number of benzene rings is 3. The Balaban J connectivity index is 1.87. The average Bonchev–Trinajstić information content (AvgIpc) is 2.53. The number of nitrogens with one attached hydrogen (secondary N) is 2. The lowest BCUT2D eigenvalue weighted by Gasteiger charge is -2.25. The lowest BCUT2D eigenvalue weighted by Crippen LogP contribution is -2.07. The minimum Gasteiger partial charge on any atom is -0.352 e. The largest absolute Gasteiger partial charge is 0.352 e. The molecule has 0 unspecified atom stereocenters. The molecule has 0 spiro atoms. The van der Waals surface area contributed by atoms with Gasteiger partial charge in [-0.3, -0.25) is 0 Å². The summed E-state index contributed by atoms with van der Waals surface area (Å²) in [7, 11) is 0. The molecule has 0 bridgehead atoms. The topological polar surface area (TPSA) is 24.1 Å². The second kappa shape index (κ2) is 4.42. The van der Waals surface area contributed by atoms with Gasteiger partial charge in [0.1, 0.15) is 0 Å². The summed E-state index contributed by atoms with van der Waals surface area (Å²) in [5.74, 6) is 0. The van der Waals surface area contributed by atoms with Crippen molar-refractivity contribution < 1.29 is 0 Å². The fraction of sp³-hybridized carbons (Fsp3) is 0. The maximum atomic E-state index is 3.55. The maximum Gasteiger partial charge on any atom is 0.0703 e. The molecule has 0 saturated carbocycles. The van der Waals surface area contributed by atoms with E-state index in [4.69, 9.17) is 0 Å². The van der Waals surface area contributed by atoms with Gasteiger partial charge in [-0.1, -0.05) is 54.6 Å². The molecule has 0 aliphatic carbocycles. The monoisotopic (exact) mass is 258 g/mol. The van der Waals surface area contributed by atoms with Crippen molar-refractivity contribution in [2.45, 2.75) is 0 Å². The highest BCUT2D eigenvalue weighted by Gasteiger charge is 2.16. The molecule has 0 aromatic heterocycles. The van der Waals surface area contributed by atoms with Crippen molar-refractivity contribution in [3.63, 3.8) is 0 Å². The number of hydrogen-bond donors (Lipinski definition) is 2. The maximum absolute atomic E-state index is 3.55. The van der Waals surface area contributed by atoms with Crippen LogP contribution in [0.25, 0.3) is 11.1 Å². The van der Waals surface area contributed by atoms with Crippen molar-refractivity contribution in [3.05, 3.63) is 72.8 Å². The molecule has 3 aromatic carbocycles. The van der Waals surface area contributed by atoms with E-state index in [0.717, 1.165) is 22.7 Å². The molecule has 0 fully saturated rings. The first-order chi connectivity index (χ1) is 9.92. The molecule has 0 radical (unpaired) electrons. The van der Waals surface area contributed by atoms with Crippen LogP contribution in [0.5, 0.6) is 0 Å². The lowest BCUT2D eigenvalue weighted by atomic mass is 10.0. The molecule has 0 atom stereocenters. The van der Waals surface area contributed by atoms with Gasteiger partial charge >= 0.3 is 0 Å². The zero-order valence-electron chi connectivity index (χ0n) is 10.9. The van der Waals surface area contributed by atoms with Gasteiger partial charge in [0.15, 0.2) is 0 Å². The van der Waals surface area contributed by atoms with Crippen molar-refractivity contribution in [1.82, 2.24) is 0 Å². The van der Waals surface area contributed by atoms with Crippen LogP contribution in [-0.2, 0) is 0 Å². The molecule has 1 aliphatic rings. The zero-order valence-corrected chi connectivity index (χ0v) is 10.9. The fourth-order valence-electron chi connectivity index (χ4n) is 2.63. The second-order valence-electron chi connectivity index (χ2n) is 4.89. The molecule has 2 nitrogen and oxygen atoms in total. The summed E-state index contributed by atoms with van der Waals surface area (Å²) in [5, 5.41) is 7.03. The average molecular weight is 258 g/mol. The SMILES string of the molecule is c1ccc(-c2cccc3c2Nc2ccccc2N3)cc1. The molecule has 1 aliphatic heterocycles. The Kier molecular flexibility index (Phi) is 2.46. The molecular formula is C18H14N2. The van der Waals surface area contributed by atoms with Gasteiger partial charge in [0, 0.05) is 5.56 Å². The van der Waals surface area contributed by atoms with Crippen LogP contribution >= 0.6 is 0 Å². The summed E-state index contributed by atoms with van der Waals surface area (Å²) in [4.78, 5) is 0. The summed E-state index contributed by atoms with van der Waals surface area (Å²) in [6.45, 7) is 0. The van der Waals surface area contributed by atoms with Crippen molar-refractivity contribution >= 4 is 22.7 Å². The summed E-state index contributed by atoms with van der Waals surface area (Å²) in [6.07, 6.45) is 0. The number of fused-ring (bicyclic) bond motifs is 2. The third-order valence-electron chi connectivity index (χ3n) is 3.61. The standard InChI is InChI=1S/C18H14N2/c1-2-7-13(8-3-1)14-9-6-12-17-18(14)20-16-11-5-4-10-15(16)19-17/h1-12,19-20H. The van der Waals surface area contributed by atoms with Crippen molar-refractivity contribution in [2.75, 3.05) is 10.6 Å². The Labute approximate surface area is 118 Å². The van der Waals surface area contributed by atoms with Gasteiger partial charge in [0.25, 0.3) is 0 Å². The van der Waals surface area contributed by atoms with E-state index in [-0.39, 0.29) is 0 Å². The fourth-order valence-corrected chi connectivity index (χ4v) is 2.63. The highest BCUT2D eigenvalue weighted by Crippen LogP contribution is 2.43. The lowest BCUT2D eigenvalue weighted by molar-refractivity contribution is 1.44. The van der Waals surface area contributed by atoms with Crippen LogP contribution in [0.3, 0.4) is 0 Å². The highest BCUT2D eigenvalue weighted by molar-refractivity contribution is 5.97. The van der Waals surface area contributed by atoms with E-state index in [1.165, 1.54) is 11.1 Å². The van der Waals surface area contributed by atoms with E-state index in [0.29, 0.717) is 0 Å². The third-order valence-corrected chi connectivity index (χ3v) is 3.61. The van der Waals surface area contributed by atoms with E-state index < -0.39 is 0 Å². The highest BCUT2D eigenvalue weighted by atomic mass is 15.0. The Bertz CT molecular complexity index is 763. The second-order valence-corrected chi connectivity index (χ2v) is 4.89. The Morgan fingerprint density at radius 3 is 1.95 bits per heavy atom.